The molecule has 1 amide bonds. The fourth-order valence-electron chi connectivity index (χ4n) is 2.14. The largest absolute Gasteiger partial charge is 0.490 e. The molecule has 2 aromatic rings. The van der Waals surface area contributed by atoms with Gasteiger partial charge in [0.05, 0.1) is 5.56 Å². The maximum absolute atomic E-state index is 12.7. The maximum Gasteiger partial charge on any atom is 0.416 e. The van der Waals surface area contributed by atoms with Crippen LogP contribution < -0.4 is 10.1 Å². The van der Waals surface area contributed by atoms with Crippen LogP contribution >= 0.6 is 0 Å². The van der Waals surface area contributed by atoms with Crippen LogP contribution in [0.4, 0.5) is 18.9 Å². The minimum absolute atomic E-state index is 0.0564. The lowest BCUT2D eigenvalue weighted by Gasteiger charge is -2.09. The molecule has 2 aromatic carbocycles. The number of hydrogen-bond acceptors (Lipinski definition) is 3. The SMILES string of the molecule is C=CCOc1cccc(/C=C(/C#N)C(=O)Nc2cccc(C(F)(F)F)c2)c1. The van der Waals surface area contributed by atoms with E-state index < -0.39 is 17.6 Å². The molecule has 0 radical (unpaired) electrons. The number of rotatable bonds is 6. The molecule has 2 rings (SSSR count). The lowest BCUT2D eigenvalue weighted by molar-refractivity contribution is -0.137. The minimum Gasteiger partial charge on any atom is -0.490 e. The first-order valence-corrected chi connectivity index (χ1v) is 7.77. The predicted molar refractivity (Wildman–Crippen MR) is 95.8 cm³/mol. The molecule has 7 heteroatoms. The average molecular weight is 372 g/mol. The van der Waals surface area contributed by atoms with Crippen molar-refractivity contribution in [3.8, 4) is 11.8 Å². The summed E-state index contributed by atoms with van der Waals surface area (Å²) < 4.78 is 43.6. The average Bonchev–Trinajstić information content (AvgIpc) is 2.64. The minimum atomic E-state index is -4.53. The summed E-state index contributed by atoms with van der Waals surface area (Å²) in [5.74, 6) is -0.284. The zero-order valence-corrected chi connectivity index (χ0v) is 14.1. The fraction of sp³-hybridized carbons (Fsp3) is 0.100. The van der Waals surface area contributed by atoms with E-state index in [2.05, 4.69) is 11.9 Å². The highest BCUT2D eigenvalue weighted by atomic mass is 19.4. The number of ether oxygens (including phenoxy) is 1. The summed E-state index contributed by atoms with van der Waals surface area (Å²) in [5.41, 5.74) is -0.672. The second-order valence-electron chi connectivity index (χ2n) is 5.37. The lowest BCUT2D eigenvalue weighted by Crippen LogP contribution is -2.14. The van der Waals surface area contributed by atoms with Crippen molar-refractivity contribution in [2.75, 3.05) is 11.9 Å². The third-order valence-corrected chi connectivity index (χ3v) is 3.35. The van der Waals surface area contributed by atoms with E-state index >= 15 is 0 Å². The van der Waals surface area contributed by atoms with Crippen molar-refractivity contribution < 1.29 is 22.7 Å². The summed E-state index contributed by atoms with van der Waals surface area (Å²) >= 11 is 0. The zero-order chi connectivity index (χ0) is 19.9. The standard InChI is InChI=1S/C20H15F3N2O2/c1-2-9-27-18-8-3-5-14(11-18)10-15(13-24)19(26)25-17-7-4-6-16(12-17)20(21,22)23/h2-8,10-12H,1,9H2,(H,25,26)/b15-10-. The number of nitrogens with zero attached hydrogens (tertiary/aromatic N) is 1. The first kappa shape index (κ1) is 19.8. The molecule has 138 valence electrons. The maximum atomic E-state index is 12.7. The molecule has 0 aromatic heterocycles. The van der Waals surface area contributed by atoms with Gasteiger partial charge in [-0.3, -0.25) is 4.79 Å². The molecule has 0 saturated carbocycles. The van der Waals surface area contributed by atoms with Crippen LogP contribution in [0.15, 0.2) is 66.8 Å². The van der Waals surface area contributed by atoms with E-state index in [0.717, 1.165) is 12.1 Å². The molecule has 0 bridgehead atoms. The molecule has 0 heterocycles. The smallest absolute Gasteiger partial charge is 0.416 e. The molecule has 0 fully saturated rings. The van der Waals surface area contributed by atoms with Crippen molar-refractivity contribution in [3.05, 3.63) is 77.9 Å². The van der Waals surface area contributed by atoms with E-state index in [1.54, 1.807) is 36.4 Å². The normalized spacial score (nSPS) is 11.4. The third kappa shape index (κ3) is 5.75. The second-order valence-corrected chi connectivity index (χ2v) is 5.37. The molecule has 0 aliphatic heterocycles. The highest BCUT2D eigenvalue weighted by Crippen LogP contribution is 2.30. The van der Waals surface area contributed by atoms with Gasteiger partial charge in [0.25, 0.3) is 5.91 Å². The Balaban J connectivity index is 2.20. The van der Waals surface area contributed by atoms with Gasteiger partial charge in [-0.05, 0) is 42.0 Å². The van der Waals surface area contributed by atoms with Gasteiger partial charge in [-0.15, -0.1) is 0 Å². The second kappa shape index (κ2) is 8.72. The van der Waals surface area contributed by atoms with Crippen molar-refractivity contribution in [1.29, 1.82) is 5.26 Å². The molecular weight excluding hydrogens is 357 g/mol. The monoisotopic (exact) mass is 372 g/mol. The number of carbonyl (C=O) groups excluding carboxylic acids is 1. The number of benzene rings is 2. The Morgan fingerprint density at radius 2 is 1.96 bits per heavy atom. The van der Waals surface area contributed by atoms with Gasteiger partial charge >= 0.3 is 6.18 Å². The van der Waals surface area contributed by atoms with Gasteiger partial charge in [0.2, 0.25) is 0 Å². The van der Waals surface area contributed by atoms with Crippen LogP contribution in [-0.4, -0.2) is 12.5 Å². The van der Waals surface area contributed by atoms with Gasteiger partial charge in [0.1, 0.15) is 24.0 Å². The molecule has 27 heavy (non-hydrogen) atoms. The van der Waals surface area contributed by atoms with Gasteiger partial charge < -0.3 is 10.1 Å². The number of carbonyl (C=O) groups is 1. The van der Waals surface area contributed by atoms with E-state index in [-0.39, 0.29) is 11.3 Å². The molecule has 0 aliphatic carbocycles. The Hall–Kier alpha value is -3.53. The Labute approximate surface area is 154 Å². The number of nitrogens with one attached hydrogen (secondary N) is 1. The highest BCUT2D eigenvalue weighted by Gasteiger charge is 2.30. The number of anilines is 1. The number of hydrogen-bond donors (Lipinski definition) is 1. The van der Waals surface area contributed by atoms with E-state index in [1.165, 1.54) is 18.2 Å². The summed E-state index contributed by atoms with van der Waals surface area (Å²) in [7, 11) is 0. The first-order valence-electron chi connectivity index (χ1n) is 7.77. The zero-order valence-electron chi connectivity index (χ0n) is 14.1. The van der Waals surface area contributed by atoms with E-state index in [1.807, 2.05) is 0 Å². The number of nitriles is 1. The predicted octanol–water partition coefficient (Wildman–Crippen LogP) is 4.82. The number of alkyl halides is 3. The lowest BCUT2D eigenvalue weighted by atomic mass is 10.1. The number of amides is 1. The van der Waals surface area contributed by atoms with Gasteiger partial charge in [0.15, 0.2) is 0 Å². The summed E-state index contributed by atoms with van der Waals surface area (Å²) in [4.78, 5) is 12.2. The van der Waals surface area contributed by atoms with Crippen LogP contribution in [0.5, 0.6) is 5.75 Å². The van der Waals surface area contributed by atoms with Gasteiger partial charge in [-0.1, -0.05) is 30.9 Å². The number of halogens is 3. The molecule has 0 spiro atoms. The van der Waals surface area contributed by atoms with Crippen LogP contribution in [0.1, 0.15) is 11.1 Å². The topological polar surface area (TPSA) is 62.1 Å². The summed E-state index contributed by atoms with van der Waals surface area (Å²) in [6.07, 6.45) is -1.63. The van der Waals surface area contributed by atoms with E-state index in [9.17, 15) is 23.2 Å². The Morgan fingerprint density at radius 1 is 1.22 bits per heavy atom. The van der Waals surface area contributed by atoms with E-state index in [0.29, 0.717) is 17.9 Å². The quantitative estimate of drug-likeness (QED) is 0.449. The molecule has 0 saturated heterocycles. The Bertz CT molecular complexity index is 912. The van der Waals surface area contributed by atoms with Crippen molar-refractivity contribution in [2.45, 2.75) is 6.18 Å². The molecule has 4 nitrogen and oxygen atoms in total. The first-order chi connectivity index (χ1) is 12.8. The molecule has 0 atom stereocenters. The van der Waals surface area contributed by atoms with Gasteiger partial charge in [0, 0.05) is 5.69 Å². The van der Waals surface area contributed by atoms with Crippen molar-refractivity contribution in [1.82, 2.24) is 0 Å². The van der Waals surface area contributed by atoms with Crippen molar-refractivity contribution in [2.24, 2.45) is 0 Å². The Kier molecular flexibility index (Phi) is 6.39. The summed E-state index contributed by atoms with van der Waals surface area (Å²) in [5, 5.41) is 11.5. The summed E-state index contributed by atoms with van der Waals surface area (Å²) in [6, 6.07) is 12.6. The highest BCUT2D eigenvalue weighted by molar-refractivity contribution is 6.09. The van der Waals surface area contributed by atoms with Gasteiger partial charge in [-0.2, -0.15) is 18.4 Å². The van der Waals surface area contributed by atoms with Crippen LogP contribution in [0.2, 0.25) is 0 Å². The van der Waals surface area contributed by atoms with Crippen molar-refractivity contribution >= 4 is 17.7 Å². The van der Waals surface area contributed by atoms with E-state index in [4.69, 9.17) is 4.74 Å². The molecule has 0 unspecified atom stereocenters. The Morgan fingerprint density at radius 3 is 2.63 bits per heavy atom. The molecule has 1 N–H and O–H groups in total. The van der Waals surface area contributed by atoms with Gasteiger partial charge in [-0.25, -0.2) is 0 Å². The third-order valence-electron chi connectivity index (χ3n) is 3.35. The van der Waals surface area contributed by atoms with Crippen LogP contribution in [-0.2, 0) is 11.0 Å². The van der Waals surface area contributed by atoms with Crippen LogP contribution in [0.3, 0.4) is 0 Å². The van der Waals surface area contributed by atoms with Crippen LogP contribution in [0.25, 0.3) is 6.08 Å². The van der Waals surface area contributed by atoms with Crippen LogP contribution in [0, 0.1) is 11.3 Å². The fourth-order valence-corrected chi connectivity index (χ4v) is 2.14. The van der Waals surface area contributed by atoms with Crippen molar-refractivity contribution in [3.63, 3.8) is 0 Å². The molecular formula is C20H15F3N2O2. The summed E-state index contributed by atoms with van der Waals surface area (Å²) in [6.45, 7) is 3.84. The molecule has 0 aliphatic rings.